The van der Waals surface area contributed by atoms with Crippen molar-refractivity contribution in [3.05, 3.63) is 0 Å². The molecule has 1 atom stereocenters. The second-order valence-electron chi connectivity index (χ2n) is 4.63. The van der Waals surface area contributed by atoms with Crippen molar-refractivity contribution in [3.63, 3.8) is 0 Å². The van der Waals surface area contributed by atoms with Crippen molar-refractivity contribution in [2.24, 2.45) is 11.7 Å². The highest BCUT2D eigenvalue weighted by Gasteiger charge is 2.09. The van der Waals surface area contributed by atoms with Crippen molar-refractivity contribution in [1.29, 1.82) is 0 Å². The summed E-state index contributed by atoms with van der Waals surface area (Å²) in [5, 5.41) is 0. The Kier molecular flexibility index (Phi) is 7.49. The quantitative estimate of drug-likeness (QED) is 0.758. The smallest absolute Gasteiger partial charge is 0.00723 e. The Labute approximate surface area is 99.0 Å². The van der Waals surface area contributed by atoms with E-state index in [2.05, 4.69) is 23.6 Å². The van der Waals surface area contributed by atoms with Gasteiger partial charge in [-0.1, -0.05) is 6.92 Å². The van der Waals surface area contributed by atoms with E-state index < -0.39 is 0 Å². The lowest BCUT2D eigenvalue weighted by Gasteiger charge is -2.20. The molecule has 1 fully saturated rings. The van der Waals surface area contributed by atoms with Crippen molar-refractivity contribution in [2.45, 2.75) is 32.6 Å². The third kappa shape index (κ3) is 6.44. The second kappa shape index (κ2) is 8.43. The molecule has 0 spiro atoms. The minimum Gasteiger partial charge on any atom is -0.330 e. The van der Waals surface area contributed by atoms with Gasteiger partial charge in [-0.2, -0.15) is 11.8 Å². The number of thioether (sulfide) groups is 1. The summed E-state index contributed by atoms with van der Waals surface area (Å²) in [6, 6.07) is 0. The number of nitrogens with zero attached hydrogens (tertiary/aromatic N) is 1. The Balaban J connectivity index is 2.02. The largest absolute Gasteiger partial charge is 0.330 e. The Morgan fingerprint density at radius 2 is 2.13 bits per heavy atom. The molecule has 0 aromatic rings. The van der Waals surface area contributed by atoms with Crippen LogP contribution in [0.25, 0.3) is 0 Å². The maximum Gasteiger partial charge on any atom is 0.00723 e. The van der Waals surface area contributed by atoms with Crippen LogP contribution in [0.15, 0.2) is 0 Å². The topological polar surface area (TPSA) is 29.3 Å². The van der Waals surface area contributed by atoms with Gasteiger partial charge in [0.1, 0.15) is 0 Å². The molecule has 0 aromatic carbocycles. The third-order valence-corrected chi connectivity index (χ3v) is 4.19. The maximum atomic E-state index is 5.55. The van der Waals surface area contributed by atoms with Crippen molar-refractivity contribution < 1.29 is 0 Å². The van der Waals surface area contributed by atoms with Gasteiger partial charge >= 0.3 is 0 Å². The van der Waals surface area contributed by atoms with Gasteiger partial charge in [-0.25, -0.2) is 0 Å². The SMILES string of the molecule is CC(CCN)CCCN1CCCSCC1. The second-order valence-corrected chi connectivity index (χ2v) is 5.86. The van der Waals surface area contributed by atoms with Gasteiger partial charge in [-0.3, -0.25) is 0 Å². The molecule has 1 aliphatic rings. The molecule has 0 aromatic heterocycles. The van der Waals surface area contributed by atoms with Crippen molar-refractivity contribution in [1.82, 2.24) is 4.90 Å². The number of nitrogens with two attached hydrogens (primary N) is 1. The van der Waals surface area contributed by atoms with Gasteiger partial charge < -0.3 is 10.6 Å². The van der Waals surface area contributed by atoms with Gasteiger partial charge in [0.15, 0.2) is 0 Å². The molecule has 0 saturated carbocycles. The molecule has 0 bridgehead atoms. The number of rotatable bonds is 6. The van der Waals surface area contributed by atoms with E-state index >= 15 is 0 Å². The lowest BCUT2D eigenvalue weighted by molar-refractivity contribution is 0.280. The van der Waals surface area contributed by atoms with Gasteiger partial charge in [0.05, 0.1) is 0 Å². The van der Waals surface area contributed by atoms with E-state index in [1.165, 1.54) is 56.8 Å². The highest BCUT2D eigenvalue weighted by atomic mass is 32.2. The average molecular weight is 230 g/mol. The van der Waals surface area contributed by atoms with Gasteiger partial charge in [-0.15, -0.1) is 0 Å². The predicted octanol–water partition coefficient (Wildman–Crippen LogP) is 2.19. The van der Waals surface area contributed by atoms with Crippen LogP contribution in [0.4, 0.5) is 0 Å². The van der Waals surface area contributed by atoms with Crippen LogP contribution in [0.2, 0.25) is 0 Å². The fourth-order valence-corrected chi connectivity index (χ4v) is 3.04. The predicted molar refractivity (Wildman–Crippen MR) is 70.5 cm³/mol. The Morgan fingerprint density at radius 1 is 1.27 bits per heavy atom. The molecular formula is C12H26N2S. The summed E-state index contributed by atoms with van der Waals surface area (Å²) in [7, 11) is 0. The molecule has 0 aliphatic carbocycles. The molecule has 0 radical (unpaired) electrons. The van der Waals surface area contributed by atoms with Gasteiger partial charge in [0.25, 0.3) is 0 Å². The summed E-state index contributed by atoms with van der Waals surface area (Å²) in [5.41, 5.74) is 5.55. The van der Waals surface area contributed by atoms with E-state index in [4.69, 9.17) is 5.73 Å². The Bertz CT molecular complexity index is 145. The highest BCUT2D eigenvalue weighted by molar-refractivity contribution is 7.99. The summed E-state index contributed by atoms with van der Waals surface area (Å²) in [4.78, 5) is 2.63. The molecule has 1 unspecified atom stereocenters. The van der Waals surface area contributed by atoms with Crippen LogP contribution in [0, 0.1) is 5.92 Å². The average Bonchev–Trinajstić information content (AvgIpc) is 2.47. The summed E-state index contributed by atoms with van der Waals surface area (Å²) in [5.74, 6) is 3.51. The van der Waals surface area contributed by atoms with Crippen LogP contribution in [-0.2, 0) is 0 Å². The van der Waals surface area contributed by atoms with Gasteiger partial charge in [0, 0.05) is 12.3 Å². The summed E-state index contributed by atoms with van der Waals surface area (Å²) >= 11 is 2.11. The lowest BCUT2D eigenvalue weighted by atomic mass is 10.0. The molecule has 1 saturated heterocycles. The van der Waals surface area contributed by atoms with Crippen molar-refractivity contribution >= 4 is 11.8 Å². The third-order valence-electron chi connectivity index (χ3n) is 3.15. The minimum atomic E-state index is 0.816. The van der Waals surface area contributed by atoms with E-state index in [1.807, 2.05) is 0 Å². The zero-order valence-electron chi connectivity index (χ0n) is 10.1. The minimum absolute atomic E-state index is 0.816. The van der Waals surface area contributed by atoms with Crippen LogP contribution in [0.5, 0.6) is 0 Å². The molecule has 1 heterocycles. The van der Waals surface area contributed by atoms with E-state index in [-0.39, 0.29) is 0 Å². The fourth-order valence-electron chi connectivity index (χ4n) is 2.11. The molecule has 0 amide bonds. The molecule has 90 valence electrons. The molecule has 2 N–H and O–H groups in total. The van der Waals surface area contributed by atoms with Crippen LogP contribution in [-0.4, -0.2) is 42.6 Å². The van der Waals surface area contributed by atoms with Crippen LogP contribution in [0.3, 0.4) is 0 Å². The first-order valence-corrected chi connectivity index (χ1v) is 7.48. The summed E-state index contributed by atoms with van der Waals surface area (Å²) < 4.78 is 0. The van der Waals surface area contributed by atoms with Crippen LogP contribution in [0.1, 0.15) is 32.6 Å². The summed E-state index contributed by atoms with van der Waals surface area (Å²) in [6.45, 7) is 7.09. The standard InChI is InChI=1S/C12H26N2S/c1-12(5-6-13)4-2-7-14-8-3-10-15-11-9-14/h12H,2-11,13H2,1H3. The molecule has 3 heteroatoms. The van der Waals surface area contributed by atoms with Gasteiger partial charge in [-0.05, 0) is 57.0 Å². The number of hydrogen-bond donors (Lipinski definition) is 1. The van der Waals surface area contributed by atoms with E-state index in [9.17, 15) is 0 Å². The van der Waals surface area contributed by atoms with E-state index in [0.29, 0.717) is 0 Å². The molecule has 1 rings (SSSR count). The van der Waals surface area contributed by atoms with Gasteiger partial charge in [0.2, 0.25) is 0 Å². The monoisotopic (exact) mass is 230 g/mol. The fraction of sp³-hybridized carbons (Fsp3) is 1.00. The first kappa shape index (κ1) is 13.3. The molecular weight excluding hydrogens is 204 g/mol. The van der Waals surface area contributed by atoms with Crippen LogP contribution < -0.4 is 5.73 Å². The first-order chi connectivity index (χ1) is 7.33. The summed E-state index contributed by atoms with van der Waals surface area (Å²) in [6.07, 6.45) is 5.27. The first-order valence-electron chi connectivity index (χ1n) is 6.33. The number of hydrogen-bond acceptors (Lipinski definition) is 3. The van der Waals surface area contributed by atoms with E-state index in [0.717, 1.165) is 12.5 Å². The van der Waals surface area contributed by atoms with Crippen molar-refractivity contribution in [3.8, 4) is 0 Å². The normalized spacial score (nSPS) is 21.2. The lowest BCUT2D eigenvalue weighted by Crippen LogP contribution is -2.27. The van der Waals surface area contributed by atoms with Crippen LogP contribution >= 0.6 is 11.8 Å². The van der Waals surface area contributed by atoms with Crippen molar-refractivity contribution in [2.75, 3.05) is 37.7 Å². The van der Waals surface area contributed by atoms with E-state index in [1.54, 1.807) is 0 Å². The zero-order chi connectivity index (χ0) is 10.9. The Morgan fingerprint density at radius 3 is 2.93 bits per heavy atom. The zero-order valence-corrected chi connectivity index (χ0v) is 10.9. The highest BCUT2D eigenvalue weighted by Crippen LogP contribution is 2.13. The molecule has 15 heavy (non-hydrogen) atoms. The molecule has 2 nitrogen and oxygen atoms in total. The maximum absolute atomic E-state index is 5.55. The molecule has 1 aliphatic heterocycles. The Hall–Kier alpha value is 0.270.